The second kappa shape index (κ2) is 4.04. The predicted octanol–water partition coefficient (Wildman–Crippen LogP) is 2.79. The SMILES string of the molecule is C=C(C(C)=N)C(C)/C=C/C. The van der Waals surface area contributed by atoms with E-state index in [2.05, 4.69) is 6.58 Å². The van der Waals surface area contributed by atoms with Crippen LogP contribution in [-0.2, 0) is 0 Å². The Bertz CT molecular complexity index is 166. The lowest BCUT2D eigenvalue weighted by Gasteiger charge is -2.07. The summed E-state index contributed by atoms with van der Waals surface area (Å²) in [6.07, 6.45) is 4.03. The molecule has 0 saturated carbocycles. The van der Waals surface area contributed by atoms with E-state index in [4.69, 9.17) is 5.41 Å². The van der Waals surface area contributed by atoms with Crippen LogP contribution in [-0.4, -0.2) is 5.71 Å². The van der Waals surface area contributed by atoms with Gasteiger partial charge in [-0.2, -0.15) is 0 Å². The van der Waals surface area contributed by atoms with Gasteiger partial charge in [-0.3, -0.25) is 0 Å². The number of rotatable bonds is 3. The van der Waals surface area contributed by atoms with Crippen LogP contribution < -0.4 is 0 Å². The highest BCUT2D eigenvalue weighted by molar-refractivity contribution is 5.95. The smallest absolute Gasteiger partial charge is 0.0314 e. The minimum Gasteiger partial charge on any atom is -0.305 e. The van der Waals surface area contributed by atoms with Gasteiger partial charge in [0.15, 0.2) is 0 Å². The first-order valence-corrected chi connectivity index (χ1v) is 3.46. The van der Waals surface area contributed by atoms with E-state index < -0.39 is 0 Å². The zero-order valence-corrected chi connectivity index (χ0v) is 6.94. The number of allylic oxidation sites excluding steroid dienone is 3. The zero-order chi connectivity index (χ0) is 8.15. The molecule has 56 valence electrons. The molecule has 0 aromatic rings. The van der Waals surface area contributed by atoms with Crippen LogP contribution in [0.5, 0.6) is 0 Å². The molecule has 0 spiro atoms. The molecule has 0 aromatic carbocycles. The van der Waals surface area contributed by atoms with Crippen molar-refractivity contribution in [3.63, 3.8) is 0 Å². The number of nitrogens with one attached hydrogen (secondary N) is 1. The number of hydrogen-bond donors (Lipinski definition) is 1. The molecular formula is C9H15N. The van der Waals surface area contributed by atoms with Crippen molar-refractivity contribution < 1.29 is 0 Å². The molecule has 0 aliphatic rings. The molecule has 0 rings (SSSR count). The Labute approximate surface area is 63.0 Å². The van der Waals surface area contributed by atoms with E-state index >= 15 is 0 Å². The summed E-state index contributed by atoms with van der Waals surface area (Å²) in [5.74, 6) is 0.308. The first kappa shape index (κ1) is 9.15. The summed E-state index contributed by atoms with van der Waals surface area (Å²) in [5, 5.41) is 7.28. The van der Waals surface area contributed by atoms with E-state index in [1.807, 2.05) is 26.0 Å². The van der Waals surface area contributed by atoms with Crippen molar-refractivity contribution >= 4 is 5.71 Å². The maximum atomic E-state index is 7.28. The molecule has 0 aromatic heterocycles. The lowest BCUT2D eigenvalue weighted by molar-refractivity contribution is 0.903. The predicted molar refractivity (Wildman–Crippen MR) is 46.5 cm³/mol. The number of hydrogen-bond acceptors (Lipinski definition) is 1. The third-order valence-corrected chi connectivity index (χ3v) is 1.51. The normalized spacial score (nSPS) is 13.5. The van der Waals surface area contributed by atoms with Crippen molar-refractivity contribution in [1.29, 1.82) is 5.41 Å². The molecule has 1 atom stereocenters. The highest BCUT2D eigenvalue weighted by atomic mass is 14.4. The first-order valence-electron chi connectivity index (χ1n) is 3.46. The van der Waals surface area contributed by atoms with Gasteiger partial charge in [-0.25, -0.2) is 0 Å². The van der Waals surface area contributed by atoms with Gasteiger partial charge in [-0.05, 0) is 19.4 Å². The van der Waals surface area contributed by atoms with Crippen molar-refractivity contribution in [2.24, 2.45) is 5.92 Å². The van der Waals surface area contributed by atoms with Gasteiger partial charge in [0.1, 0.15) is 0 Å². The van der Waals surface area contributed by atoms with Gasteiger partial charge in [0, 0.05) is 11.6 Å². The molecule has 0 radical (unpaired) electrons. The van der Waals surface area contributed by atoms with Crippen LogP contribution in [0.3, 0.4) is 0 Å². The second-order valence-electron chi connectivity index (χ2n) is 2.46. The van der Waals surface area contributed by atoms with E-state index in [9.17, 15) is 0 Å². The van der Waals surface area contributed by atoms with Gasteiger partial charge < -0.3 is 5.41 Å². The van der Waals surface area contributed by atoms with Gasteiger partial charge in [-0.1, -0.05) is 25.7 Å². The molecule has 0 saturated heterocycles. The molecule has 1 unspecified atom stereocenters. The molecule has 1 heteroatoms. The largest absolute Gasteiger partial charge is 0.305 e. The van der Waals surface area contributed by atoms with Crippen LogP contribution in [0.4, 0.5) is 0 Å². The standard InChI is InChI=1S/C9H15N/c1-5-6-7(2)8(3)9(4)10/h5-7,10H,3H2,1-2,4H3/b6-5+,10-9?. The average Bonchev–Trinajstić information content (AvgIpc) is 1.87. The summed E-state index contributed by atoms with van der Waals surface area (Å²) in [6, 6.07) is 0. The Morgan fingerprint density at radius 2 is 2.10 bits per heavy atom. The van der Waals surface area contributed by atoms with Crippen LogP contribution in [0.15, 0.2) is 24.3 Å². The van der Waals surface area contributed by atoms with Crippen LogP contribution in [0.1, 0.15) is 20.8 Å². The summed E-state index contributed by atoms with van der Waals surface area (Å²) in [4.78, 5) is 0. The Balaban J connectivity index is 4.08. The maximum Gasteiger partial charge on any atom is 0.0314 e. The first-order chi connectivity index (χ1) is 4.59. The Morgan fingerprint density at radius 1 is 1.60 bits per heavy atom. The molecule has 1 N–H and O–H groups in total. The highest BCUT2D eigenvalue weighted by Crippen LogP contribution is 2.10. The maximum absolute atomic E-state index is 7.28. The quantitative estimate of drug-likeness (QED) is 0.457. The Kier molecular flexibility index (Phi) is 3.70. The molecule has 0 aliphatic heterocycles. The summed E-state index contributed by atoms with van der Waals surface area (Å²) < 4.78 is 0. The molecule has 1 nitrogen and oxygen atoms in total. The summed E-state index contributed by atoms with van der Waals surface area (Å²) >= 11 is 0. The van der Waals surface area contributed by atoms with Crippen molar-refractivity contribution in [2.75, 3.05) is 0 Å². The summed E-state index contributed by atoms with van der Waals surface area (Å²) in [5.41, 5.74) is 1.48. The highest BCUT2D eigenvalue weighted by Gasteiger charge is 2.02. The molecule has 0 amide bonds. The fraction of sp³-hybridized carbons (Fsp3) is 0.444. The lowest BCUT2D eigenvalue weighted by atomic mass is 9.99. The average molecular weight is 137 g/mol. The van der Waals surface area contributed by atoms with E-state index in [0.717, 1.165) is 5.57 Å². The minimum atomic E-state index is 0.308. The zero-order valence-electron chi connectivity index (χ0n) is 6.94. The lowest BCUT2D eigenvalue weighted by Crippen LogP contribution is -2.02. The van der Waals surface area contributed by atoms with Crippen molar-refractivity contribution in [3.8, 4) is 0 Å². The Morgan fingerprint density at radius 3 is 2.40 bits per heavy atom. The molecule has 0 fully saturated rings. The van der Waals surface area contributed by atoms with E-state index in [0.29, 0.717) is 11.6 Å². The van der Waals surface area contributed by atoms with Crippen LogP contribution in [0, 0.1) is 11.3 Å². The molecular weight excluding hydrogens is 122 g/mol. The molecule has 0 bridgehead atoms. The third-order valence-electron chi connectivity index (χ3n) is 1.51. The van der Waals surface area contributed by atoms with Gasteiger partial charge in [0.25, 0.3) is 0 Å². The second-order valence-corrected chi connectivity index (χ2v) is 2.46. The van der Waals surface area contributed by atoms with Gasteiger partial charge in [0.2, 0.25) is 0 Å². The van der Waals surface area contributed by atoms with E-state index in [1.54, 1.807) is 6.92 Å². The van der Waals surface area contributed by atoms with E-state index in [-0.39, 0.29) is 0 Å². The van der Waals surface area contributed by atoms with Crippen LogP contribution >= 0.6 is 0 Å². The van der Waals surface area contributed by atoms with Crippen LogP contribution in [0.25, 0.3) is 0 Å². The third kappa shape index (κ3) is 2.62. The van der Waals surface area contributed by atoms with Crippen LogP contribution in [0.2, 0.25) is 0 Å². The fourth-order valence-electron chi connectivity index (χ4n) is 0.746. The molecule has 10 heavy (non-hydrogen) atoms. The van der Waals surface area contributed by atoms with Crippen molar-refractivity contribution in [1.82, 2.24) is 0 Å². The monoisotopic (exact) mass is 137 g/mol. The topological polar surface area (TPSA) is 23.9 Å². The summed E-state index contributed by atoms with van der Waals surface area (Å²) in [6.45, 7) is 9.58. The summed E-state index contributed by atoms with van der Waals surface area (Å²) in [7, 11) is 0. The molecule has 0 heterocycles. The van der Waals surface area contributed by atoms with Gasteiger partial charge in [-0.15, -0.1) is 0 Å². The van der Waals surface area contributed by atoms with Gasteiger partial charge in [0.05, 0.1) is 0 Å². The van der Waals surface area contributed by atoms with E-state index in [1.165, 1.54) is 0 Å². The van der Waals surface area contributed by atoms with Crippen molar-refractivity contribution in [3.05, 3.63) is 24.3 Å². The van der Waals surface area contributed by atoms with Crippen molar-refractivity contribution in [2.45, 2.75) is 20.8 Å². The van der Waals surface area contributed by atoms with Gasteiger partial charge >= 0.3 is 0 Å². The fourth-order valence-corrected chi connectivity index (χ4v) is 0.746. The molecule has 0 aliphatic carbocycles. The minimum absolute atomic E-state index is 0.308. The Hall–Kier alpha value is -0.850.